The maximum Gasteiger partial charge on any atom is 0.293 e. The molecule has 110 valence electrons. The molecule has 0 saturated carbocycles. The number of hydrazine groups is 1. The van der Waals surface area contributed by atoms with Gasteiger partial charge in [0.15, 0.2) is 0 Å². The number of hydrogen-bond acceptors (Lipinski definition) is 5. The normalized spacial score (nSPS) is 13.8. The molecule has 7 nitrogen and oxygen atoms in total. The molecule has 1 aliphatic rings. The molecule has 1 aromatic carbocycles. The predicted octanol–water partition coefficient (Wildman–Crippen LogP) is 2.00. The molecule has 21 heavy (non-hydrogen) atoms. The zero-order valence-corrected chi connectivity index (χ0v) is 11.6. The highest BCUT2D eigenvalue weighted by Crippen LogP contribution is 2.26. The van der Waals surface area contributed by atoms with Crippen molar-refractivity contribution in [1.82, 2.24) is 9.55 Å². The van der Waals surface area contributed by atoms with Crippen LogP contribution in [-0.2, 0) is 19.4 Å². The first-order valence-corrected chi connectivity index (χ1v) is 6.96. The van der Waals surface area contributed by atoms with Gasteiger partial charge >= 0.3 is 0 Å². The van der Waals surface area contributed by atoms with Crippen LogP contribution in [0.25, 0.3) is 0 Å². The van der Waals surface area contributed by atoms with E-state index in [1.54, 1.807) is 12.1 Å². The van der Waals surface area contributed by atoms with Gasteiger partial charge in [0.25, 0.3) is 5.69 Å². The van der Waals surface area contributed by atoms with E-state index >= 15 is 0 Å². The van der Waals surface area contributed by atoms with E-state index < -0.39 is 4.92 Å². The summed E-state index contributed by atoms with van der Waals surface area (Å²) in [6, 6.07) is 5.04. The number of aryl methyl sites for hydroxylation is 1. The first-order chi connectivity index (χ1) is 10.2. The highest BCUT2D eigenvalue weighted by molar-refractivity contribution is 5.61. The Morgan fingerprint density at radius 1 is 1.38 bits per heavy atom. The highest BCUT2D eigenvalue weighted by atomic mass is 16.6. The fourth-order valence-corrected chi connectivity index (χ4v) is 2.81. The lowest BCUT2D eigenvalue weighted by molar-refractivity contribution is -0.384. The van der Waals surface area contributed by atoms with Crippen molar-refractivity contribution < 1.29 is 4.92 Å². The van der Waals surface area contributed by atoms with Gasteiger partial charge < -0.3 is 9.99 Å². The van der Waals surface area contributed by atoms with Crippen molar-refractivity contribution in [3.63, 3.8) is 0 Å². The fraction of sp³-hybridized carbons (Fsp3) is 0.357. The predicted molar refractivity (Wildman–Crippen MR) is 78.9 cm³/mol. The third-order valence-electron chi connectivity index (χ3n) is 3.88. The zero-order valence-electron chi connectivity index (χ0n) is 11.6. The minimum atomic E-state index is -0.429. The Bertz CT molecular complexity index is 680. The van der Waals surface area contributed by atoms with Crippen LogP contribution in [0.3, 0.4) is 0 Å². The van der Waals surface area contributed by atoms with Crippen LogP contribution in [0.15, 0.2) is 24.5 Å². The minimum Gasteiger partial charge on any atom is -0.330 e. The molecule has 0 aliphatic heterocycles. The summed E-state index contributed by atoms with van der Waals surface area (Å²) in [7, 11) is 0. The van der Waals surface area contributed by atoms with Gasteiger partial charge in [0.2, 0.25) is 0 Å². The average molecular weight is 287 g/mol. The first-order valence-electron chi connectivity index (χ1n) is 6.96. The Labute approximate surface area is 121 Å². The number of nitrogen functional groups attached to an aromatic ring is 1. The van der Waals surface area contributed by atoms with Crippen molar-refractivity contribution in [2.45, 2.75) is 32.2 Å². The van der Waals surface area contributed by atoms with Crippen molar-refractivity contribution in [1.29, 1.82) is 0 Å². The maximum atomic E-state index is 11.1. The number of benzene rings is 1. The Hall–Kier alpha value is -2.41. The van der Waals surface area contributed by atoms with Crippen LogP contribution in [-0.4, -0.2) is 14.5 Å². The standard InChI is InChI=1S/C14H17N5O2/c15-17-12-6-5-10(7-14(12)19(20)21)8-18-9-16-11-3-1-2-4-13(11)18/h5-7,9,17H,1-4,8,15H2. The second kappa shape index (κ2) is 5.53. The monoisotopic (exact) mass is 287 g/mol. The van der Waals surface area contributed by atoms with Gasteiger partial charge in [-0.05, 0) is 37.3 Å². The Balaban J connectivity index is 1.90. The van der Waals surface area contributed by atoms with E-state index in [1.807, 2.05) is 12.4 Å². The van der Waals surface area contributed by atoms with Crippen LogP contribution in [0.5, 0.6) is 0 Å². The second-order valence-corrected chi connectivity index (χ2v) is 5.23. The smallest absolute Gasteiger partial charge is 0.293 e. The number of nitro benzene ring substituents is 1. The molecular weight excluding hydrogens is 270 g/mol. The van der Waals surface area contributed by atoms with Crippen molar-refractivity contribution in [2.75, 3.05) is 5.43 Å². The molecule has 0 bridgehead atoms. The van der Waals surface area contributed by atoms with Crippen molar-refractivity contribution in [3.05, 3.63) is 51.6 Å². The van der Waals surface area contributed by atoms with Gasteiger partial charge in [-0.3, -0.25) is 16.0 Å². The van der Waals surface area contributed by atoms with Gasteiger partial charge in [-0.1, -0.05) is 6.07 Å². The molecule has 1 aromatic heterocycles. The molecule has 0 unspecified atom stereocenters. The van der Waals surface area contributed by atoms with Gasteiger partial charge in [0.05, 0.1) is 16.9 Å². The van der Waals surface area contributed by atoms with Crippen molar-refractivity contribution >= 4 is 11.4 Å². The summed E-state index contributed by atoms with van der Waals surface area (Å²) in [6.07, 6.45) is 6.25. The lowest BCUT2D eigenvalue weighted by Gasteiger charge is -2.14. The molecule has 1 heterocycles. The van der Waals surface area contributed by atoms with Crippen LogP contribution in [0.1, 0.15) is 29.8 Å². The number of rotatable bonds is 4. The van der Waals surface area contributed by atoms with E-state index in [9.17, 15) is 10.1 Å². The average Bonchev–Trinajstić information content (AvgIpc) is 2.90. The van der Waals surface area contributed by atoms with Crippen LogP contribution >= 0.6 is 0 Å². The number of imidazole rings is 1. The molecule has 0 amide bonds. The Kier molecular flexibility index (Phi) is 3.57. The molecule has 3 N–H and O–H groups in total. The summed E-state index contributed by atoms with van der Waals surface area (Å²) in [4.78, 5) is 15.1. The maximum absolute atomic E-state index is 11.1. The third-order valence-corrected chi connectivity index (χ3v) is 3.88. The molecule has 0 radical (unpaired) electrons. The minimum absolute atomic E-state index is 0.0102. The second-order valence-electron chi connectivity index (χ2n) is 5.23. The Morgan fingerprint density at radius 2 is 2.19 bits per heavy atom. The summed E-state index contributed by atoms with van der Waals surface area (Å²) >= 11 is 0. The van der Waals surface area contributed by atoms with Crippen molar-refractivity contribution in [2.24, 2.45) is 5.84 Å². The van der Waals surface area contributed by atoms with E-state index in [1.165, 1.54) is 18.5 Å². The summed E-state index contributed by atoms with van der Waals surface area (Å²) < 4.78 is 2.09. The molecule has 0 atom stereocenters. The van der Waals surface area contributed by atoms with Crippen LogP contribution in [0.4, 0.5) is 11.4 Å². The molecular formula is C14H17N5O2. The topological polar surface area (TPSA) is 99.0 Å². The molecule has 0 spiro atoms. The number of nitrogens with one attached hydrogen (secondary N) is 1. The van der Waals surface area contributed by atoms with Gasteiger partial charge in [-0.15, -0.1) is 0 Å². The summed E-state index contributed by atoms with van der Waals surface area (Å²) in [5, 5.41) is 11.1. The molecule has 2 aromatic rings. The molecule has 1 aliphatic carbocycles. The number of aromatic nitrogens is 2. The van der Waals surface area contributed by atoms with E-state index in [4.69, 9.17) is 5.84 Å². The largest absolute Gasteiger partial charge is 0.330 e. The summed E-state index contributed by atoms with van der Waals surface area (Å²) in [6.45, 7) is 0.591. The van der Waals surface area contributed by atoms with Gasteiger partial charge in [0.1, 0.15) is 5.69 Å². The first kappa shape index (κ1) is 13.6. The summed E-state index contributed by atoms with van der Waals surface area (Å²) in [5.41, 5.74) is 5.94. The fourth-order valence-electron chi connectivity index (χ4n) is 2.81. The van der Waals surface area contributed by atoms with E-state index in [0.29, 0.717) is 12.2 Å². The lowest BCUT2D eigenvalue weighted by atomic mass is 10.0. The number of nitrogens with two attached hydrogens (primary N) is 1. The molecule has 0 saturated heterocycles. The van der Waals surface area contributed by atoms with Crippen LogP contribution in [0.2, 0.25) is 0 Å². The zero-order chi connectivity index (χ0) is 14.8. The van der Waals surface area contributed by atoms with Gasteiger partial charge in [0, 0.05) is 18.3 Å². The molecule has 0 fully saturated rings. The van der Waals surface area contributed by atoms with E-state index in [0.717, 1.165) is 24.1 Å². The number of nitrogens with zero attached hydrogens (tertiary/aromatic N) is 3. The highest BCUT2D eigenvalue weighted by Gasteiger charge is 2.17. The van der Waals surface area contributed by atoms with E-state index in [-0.39, 0.29) is 5.69 Å². The van der Waals surface area contributed by atoms with Gasteiger partial charge in [-0.2, -0.15) is 0 Å². The number of fused-ring (bicyclic) bond motifs is 1. The van der Waals surface area contributed by atoms with Crippen LogP contribution in [0, 0.1) is 10.1 Å². The Morgan fingerprint density at radius 3 is 2.95 bits per heavy atom. The SMILES string of the molecule is NNc1ccc(Cn2cnc3c2CCCC3)cc1[N+](=O)[O-]. The summed E-state index contributed by atoms with van der Waals surface area (Å²) in [5.74, 6) is 5.30. The van der Waals surface area contributed by atoms with Crippen molar-refractivity contribution in [3.8, 4) is 0 Å². The number of anilines is 1. The van der Waals surface area contributed by atoms with Crippen LogP contribution < -0.4 is 11.3 Å². The number of hydrogen-bond donors (Lipinski definition) is 2. The number of nitro groups is 1. The molecule has 3 rings (SSSR count). The third kappa shape index (κ3) is 2.59. The van der Waals surface area contributed by atoms with E-state index in [2.05, 4.69) is 15.0 Å². The lowest BCUT2D eigenvalue weighted by Crippen LogP contribution is -2.11. The van der Waals surface area contributed by atoms with Gasteiger partial charge in [-0.25, -0.2) is 4.98 Å². The quantitative estimate of drug-likeness (QED) is 0.509. The molecule has 7 heteroatoms.